The van der Waals surface area contributed by atoms with Gasteiger partial charge < -0.3 is 4.74 Å². The normalized spacial score (nSPS) is 17.3. The van der Waals surface area contributed by atoms with Gasteiger partial charge in [0.05, 0.1) is 0 Å². The molecule has 1 aliphatic heterocycles. The molecule has 0 saturated carbocycles. The molecule has 0 amide bonds. The number of epoxide rings is 1. The molecule has 0 aromatic heterocycles. The standard InChI is InChI=1S/C14H12O.C7H4/c1-3-7-11(8-4-1)13-14(15-13)12-9-5-2-6-10-12;1-3-5-7-6-4-2/h1-10,13-14H;1H,2H3. The number of hydrogen-bond donors (Lipinski definition) is 0. The lowest BCUT2D eigenvalue weighted by atomic mass is 10.0. The summed E-state index contributed by atoms with van der Waals surface area (Å²) in [5.41, 5.74) is 2.54. The SMILES string of the molecule is C#CC#CC#CC.c1ccc(C2OC2c2ccccc2)cc1. The molecule has 1 fully saturated rings. The van der Waals surface area contributed by atoms with Crippen LogP contribution in [0.3, 0.4) is 0 Å². The zero-order valence-corrected chi connectivity index (χ0v) is 12.4. The molecule has 1 heteroatoms. The van der Waals surface area contributed by atoms with E-state index in [0.29, 0.717) is 0 Å². The van der Waals surface area contributed by atoms with Crippen molar-refractivity contribution in [2.24, 2.45) is 0 Å². The molecule has 106 valence electrons. The van der Waals surface area contributed by atoms with Gasteiger partial charge >= 0.3 is 0 Å². The lowest BCUT2D eigenvalue weighted by Crippen LogP contribution is -1.82. The van der Waals surface area contributed by atoms with Crippen molar-refractivity contribution in [3.05, 3.63) is 71.8 Å². The van der Waals surface area contributed by atoms with Gasteiger partial charge in [0, 0.05) is 0 Å². The van der Waals surface area contributed by atoms with Crippen molar-refractivity contribution in [2.75, 3.05) is 0 Å². The van der Waals surface area contributed by atoms with Crippen LogP contribution in [0.4, 0.5) is 0 Å². The van der Waals surface area contributed by atoms with Gasteiger partial charge in [-0.2, -0.15) is 0 Å². The maximum absolute atomic E-state index is 5.69. The molecule has 0 radical (unpaired) electrons. The van der Waals surface area contributed by atoms with Crippen molar-refractivity contribution in [1.29, 1.82) is 0 Å². The van der Waals surface area contributed by atoms with Crippen molar-refractivity contribution < 1.29 is 4.74 Å². The molecule has 1 saturated heterocycles. The number of benzene rings is 2. The molecule has 0 spiro atoms. The predicted molar refractivity (Wildman–Crippen MR) is 89.5 cm³/mol. The van der Waals surface area contributed by atoms with Gasteiger partial charge in [0.1, 0.15) is 12.2 Å². The molecule has 22 heavy (non-hydrogen) atoms. The zero-order chi connectivity index (χ0) is 15.6. The number of terminal acetylenes is 1. The fraction of sp³-hybridized carbons (Fsp3) is 0.143. The van der Waals surface area contributed by atoms with Crippen LogP contribution in [0, 0.1) is 36.0 Å². The molecule has 1 nitrogen and oxygen atoms in total. The zero-order valence-electron chi connectivity index (χ0n) is 12.4. The highest BCUT2D eigenvalue weighted by molar-refractivity contribution is 5.33. The van der Waals surface area contributed by atoms with E-state index in [1.54, 1.807) is 6.92 Å². The topological polar surface area (TPSA) is 12.5 Å². The minimum atomic E-state index is 0.258. The number of ether oxygens (including phenoxy) is 1. The molecule has 1 heterocycles. The molecular weight excluding hydrogens is 268 g/mol. The summed E-state index contributed by atoms with van der Waals surface area (Å²) >= 11 is 0. The molecule has 3 rings (SSSR count). The first-order valence-electron chi connectivity index (χ1n) is 6.99. The maximum atomic E-state index is 5.69. The second-order valence-electron chi connectivity index (χ2n) is 4.57. The quantitative estimate of drug-likeness (QED) is 0.596. The second kappa shape index (κ2) is 8.39. The predicted octanol–water partition coefficient (Wildman–Crippen LogP) is 4.15. The van der Waals surface area contributed by atoms with Gasteiger partial charge in [-0.15, -0.1) is 6.42 Å². The molecular formula is C21H16O. The fourth-order valence-electron chi connectivity index (χ4n) is 2.03. The van der Waals surface area contributed by atoms with Crippen LogP contribution in [-0.4, -0.2) is 0 Å². The Morgan fingerprint density at radius 2 is 1.27 bits per heavy atom. The Morgan fingerprint density at radius 3 is 1.68 bits per heavy atom. The summed E-state index contributed by atoms with van der Waals surface area (Å²) in [5, 5.41) is 0. The van der Waals surface area contributed by atoms with Crippen LogP contribution < -0.4 is 0 Å². The van der Waals surface area contributed by atoms with Gasteiger partial charge in [0.2, 0.25) is 0 Å². The molecule has 0 bridgehead atoms. The Labute approximate surface area is 132 Å². The second-order valence-corrected chi connectivity index (χ2v) is 4.57. The van der Waals surface area contributed by atoms with Crippen LogP contribution in [0.2, 0.25) is 0 Å². The average Bonchev–Trinajstić information content (AvgIpc) is 3.38. The molecule has 0 aliphatic carbocycles. The van der Waals surface area contributed by atoms with Crippen molar-refractivity contribution >= 4 is 0 Å². The lowest BCUT2D eigenvalue weighted by Gasteiger charge is -1.95. The van der Waals surface area contributed by atoms with E-state index in [1.165, 1.54) is 11.1 Å². The maximum Gasteiger partial charge on any atom is 0.114 e. The van der Waals surface area contributed by atoms with E-state index >= 15 is 0 Å². The van der Waals surface area contributed by atoms with E-state index in [2.05, 4.69) is 78.1 Å². The summed E-state index contributed by atoms with van der Waals surface area (Å²) in [6.45, 7) is 1.71. The summed E-state index contributed by atoms with van der Waals surface area (Å²) in [6.07, 6.45) is 5.29. The Morgan fingerprint density at radius 1 is 0.773 bits per heavy atom. The van der Waals surface area contributed by atoms with E-state index in [1.807, 2.05) is 12.1 Å². The molecule has 1 aliphatic rings. The highest BCUT2D eigenvalue weighted by atomic mass is 16.6. The Balaban J connectivity index is 0.000000217. The third kappa shape index (κ3) is 4.57. The minimum Gasteiger partial charge on any atom is -0.359 e. The third-order valence-electron chi connectivity index (χ3n) is 3.07. The average molecular weight is 284 g/mol. The highest BCUT2D eigenvalue weighted by Crippen LogP contribution is 2.50. The summed E-state index contributed by atoms with van der Waals surface area (Å²) in [7, 11) is 0. The Kier molecular flexibility index (Phi) is 5.90. The molecule has 2 aromatic rings. The monoisotopic (exact) mass is 284 g/mol. The van der Waals surface area contributed by atoms with E-state index < -0.39 is 0 Å². The van der Waals surface area contributed by atoms with Crippen LogP contribution >= 0.6 is 0 Å². The summed E-state index contributed by atoms with van der Waals surface area (Å²) in [5.74, 6) is 12.0. The van der Waals surface area contributed by atoms with E-state index in [9.17, 15) is 0 Å². The van der Waals surface area contributed by atoms with Crippen molar-refractivity contribution in [3.63, 3.8) is 0 Å². The first kappa shape index (κ1) is 15.5. The van der Waals surface area contributed by atoms with Crippen LogP contribution in [0.25, 0.3) is 0 Å². The first-order chi connectivity index (χ1) is 10.9. The van der Waals surface area contributed by atoms with Gasteiger partial charge in [-0.05, 0) is 41.7 Å². The van der Waals surface area contributed by atoms with E-state index in [-0.39, 0.29) is 12.2 Å². The number of hydrogen-bond acceptors (Lipinski definition) is 1. The fourth-order valence-corrected chi connectivity index (χ4v) is 2.03. The Hall–Kier alpha value is -2.92. The Bertz CT molecular complexity index is 703. The molecule has 2 atom stereocenters. The highest BCUT2D eigenvalue weighted by Gasteiger charge is 2.40. The molecule has 2 aromatic carbocycles. The molecule has 2 unspecified atom stereocenters. The third-order valence-corrected chi connectivity index (χ3v) is 3.07. The van der Waals surface area contributed by atoms with Crippen molar-refractivity contribution in [2.45, 2.75) is 19.1 Å². The molecule has 0 N–H and O–H groups in total. The van der Waals surface area contributed by atoms with Gasteiger partial charge in [-0.25, -0.2) is 0 Å². The van der Waals surface area contributed by atoms with Crippen LogP contribution in [-0.2, 0) is 4.74 Å². The van der Waals surface area contributed by atoms with Gasteiger partial charge in [-0.1, -0.05) is 66.6 Å². The van der Waals surface area contributed by atoms with Crippen molar-refractivity contribution in [3.8, 4) is 36.0 Å². The van der Waals surface area contributed by atoms with Crippen LogP contribution in [0.15, 0.2) is 60.7 Å². The summed E-state index contributed by atoms with van der Waals surface area (Å²) in [6, 6.07) is 20.8. The first-order valence-corrected chi connectivity index (χ1v) is 6.99. The van der Waals surface area contributed by atoms with E-state index in [0.717, 1.165) is 0 Å². The lowest BCUT2D eigenvalue weighted by molar-refractivity contribution is 0.377. The largest absolute Gasteiger partial charge is 0.359 e. The van der Waals surface area contributed by atoms with Crippen molar-refractivity contribution in [1.82, 2.24) is 0 Å². The van der Waals surface area contributed by atoms with Crippen LogP contribution in [0.5, 0.6) is 0 Å². The summed E-state index contributed by atoms with van der Waals surface area (Å²) < 4.78 is 5.69. The van der Waals surface area contributed by atoms with Gasteiger partial charge in [0.15, 0.2) is 0 Å². The van der Waals surface area contributed by atoms with Crippen LogP contribution in [0.1, 0.15) is 30.3 Å². The van der Waals surface area contributed by atoms with E-state index in [4.69, 9.17) is 11.2 Å². The summed E-state index contributed by atoms with van der Waals surface area (Å²) in [4.78, 5) is 0. The smallest absolute Gasteiger partial charge is 0.114 e. The van der Waals surface area contributed by atoms with Gasteiger partial charge in [0.25, 0.3) is 0 Å². The number of rotatable bonds is 2. The van der Waals surface area contributed by atoms with Gasteiger partial charge in [-0.3, -0.25) is 0 Å². The minimum absolute atomic E-state index is 0.258.